The second-order valence-corrected chi connectivity index (χ2v) is 7.45. The third-order valence-corrected chi connectivity index (χ3v) is 4.98. The number of carbonyl (C=O) groups is 1. The van der Waals surface area contributed by atoms with Crippen LogP contribution in [0.2, 0.25) is 0 Å². The van der Waals surface area contributed by atoms with Crippen molar-refractivity contribution in [2.45, 2.75) is 26.7 Å². The van der Waals surface area contributed by atoms with E-state index < -0.39 is 0 Å². The summed E-state index contributed by atoms with van der Waals surface area (Å²) in [7, 11) is 0. The fourth-order valence-electron chi connectivity index (χ4n) is 3.33. The molecule has 162 valence electrons. The minimum Gasteiger partial charge on any atom is -0.494 e. The number of benzene rings is 2. The summed E-state index contributed by atoms with van der Waals surface area (Å²) in [5, 5.41) is 4.80. The maximum atomic E-state index is 13.0. The van der Waals surface area contributed by atoms with E-state index in [9.17, 15) is 4.79 Å². The third kappa shape index (κ3) is 5.03. The van der Waals surface area contributed by atoms with Crippen LogP contribution in [-0.4, -0.2) is 23.7 Å². The lowest BCUT2D eigenvalue weighted by atomic mass is 10.0. The number of hydrazone groups is 1. The first-order valence-electron chi connectivity index (χ1n) is 10.7. The van der Waals surface area contributed by atoms with Crippen molar-refractivity contribution < 1.29 is 13.9 Å². The van der Waals surface area contributed by atoms with Crippen molar-refractivity contribution in [2.24, 2.45) is 5.10 Å². The van der Waals surface area contributed by atoms with E-state index >= 15 is 0 Å². The second kappa shape index (κ2) is 9.92. The summed E-state index contributed by atoms with van der Waals surface area (Å²) in [6, 6.07) is 20.8. The van der Waals surface area contributed by atoms with Crippen LogP contribution in [0.15, 0.2) is 76.2 Å². The van der Waals surface area contributed by atoms with E-state index in [1.165, 1.54) is 6.21 Å². The first-order chi connectivity index (χ1) is 15.6. The quantitative estimate of drug-likeness (QED) is 0.221. The van der Waals surface area contributed by atoms with Crippen molar-refractivity contribution in [1.29, 1.82) is 0 Å². The number of rotatable bonds is 8. The predicted molar refractivity (Wildman–Crippen MR) is 126 cm³/mol. The molecule has 4 rings (SSSR count). The van der Waals surface area contributed by atoms with Crippen molar-refractivity contribution >= 4 is 23.0 Å². The van der Waals surface area contributed by atoms with E-state index in [4.69, 9.17) is 14.1 Å². The molecule has 0 fully saturated rings. The van der Waals surface area contributed by atoms with Crippen LogP contribution >= 0.6 is 0 Å². The molecule has 1 amide bonds. The fourth-order valence-corrected chi connectivity index (χ4v) is 3.33. The Morgan fingerprint density at radius 2 is 2.00 bits per heavy atom. The average molecular weight is 428 g/mol. The molecule has 0 radical (unpaired) electrons. The van der Waals surface area contributed by atoms with Crippen molar-refractivity contribution in [2.75, 3.05) is 6.61 Å². The molecule has 0 unspecified atom stereocenters. The molecule has 0 spiro atoms. The fraction of sp³-hybridized carbons (Fsp3) is 0.192. The van der Waals surface area contributed by atoms with Gasteiger partial charge in [0.05, 0.1) is 29.6 Å². The van der Waals surface area contributed by atoms with Gasteiger partial charge in [-0.25, -0.2) is 10.4 Å². The lowest BCUT2D eigenvalue weighted by molar-refractivity contribution is 0.0956. The van der Waals surface area contributed by atoms with Crippen molar-refractivity contribution in [3.63, 3.8) is 0 Å². The molecule has 2 aromatic heterocycles. The number of aromatic nitrogens is 1. The summed E-state index contributed by atoms with van der Waals surface area (Å²) in [5.41, 5.74) is 5.40. The van der Waals surface area contributed by atoms with Crippen LogP contribution in [0, 0.1) is 6.92 Å². The van der Waals surface area contributed by atoms with E-state index in [0.717, 1.165) is 40.8 Å². The van der Waals surface area contributed by atoms with Crippen LogP contribution in [0.4, 0.5) is 0 Å². The number of aryl methyl sites for hydroxylation is 1. The van der Waals surface area contributed by atoms with Crippen LogP contribution < -0.4 is 10.2 Å². The van der Waals surface area contributed by atoms with Gasteiger partial charge in [-0.1, -0.05) is 43.7 Å². The third-order valence-electron chi connectivity index (χ3n) is 4.98. The van der Waals surface area contributed by atoms with Crippen LogP contribution in [0.5, 0.6) is 5.75 Å². The minimum atomic E-state index is -0.320. The topological polar surface area (TPSA) is 76.7 Å². The number of fused-ring (bicyclic) bond motifs is 1. The number of nitrogens with one attached hydrogen (secondary N) is 1. The van der Waals surface area contributed by atoms with Gasteiger partial charge in [-0.3, -0.25) is 4.79 Å². The number of furan rings is 1. The Morgan fingerprint density at radius 1 is 1.12 bits per heavy atom. The van der Waals surface area contributed by atoms with Gasteiger partial charge in [0, 0.05) is 10.9 Å². The summed E-state index contributed by atoms with van der Waals surface area (Å²) in [6.07, 6.45) is 3.56. The number of hydrogen-bond donors (Lipinski definition) is 1. The summed E-state index contributed by atoms with van der Waals surface area (Å²) in [4.78, 5) is 17.7. The SMILES string of the molecule is CCCCOc1cccc(-c2cc(C(=O)N/N=C/c3ccc(C)o3)c3ccccc3n2)c1. The zero-order valence-corrected chi connectivity index (χ0v) is 18.2. The summed E-state index contributed by atoms with van der Waals surface area (Å²) < 4.78 is 11.3. The molecule has 0 atom stereocenters. The van der Waals surface area contributed by atoms with Gasteiger partial charge >= 0.3 is 0 Å². The summed E-state index contributed by atoms with van der Waals surface area (Å²) >= 11 is 0. The molecule has 0 aliphatic heterocycles. The zero-order valence-electron chi connectivity index (χ0n) is 18.2. The number of para-hydroxylation sites is 1. The maximum Gasteiger partial charge on any atom is 0.272 e. The van der Waals surface area contributed by atoms with Crippen LogP contribution in [0.3, 0.4) is 0 Å². The molecule has 0 aliphatic rings. The molecule has 0 saturated heterocycles. The minimum absolute atomic E-state index is 0.320. The van der Waals surface area contributed by atoms with Crippen LogP contribution in [0.1, 0.15) is 41.6 Å². The number of nitrogens with zero attached hydrogens (tertiary/aromatic N) is 2. The second-order valence-electron chi connectivity index (χ2n) is 7.45. The van der Waals surface area contributed by atoms with Gasteiger partial charge in [-0.2, -0.15) is 5.10 Å². The summed E-state index contributed by atoms with van der Waals surface area (Å²) in [5.74, 6) is 1.82. The smallest absolute Gasteiger partial charge is 0.272 e. The van der Waals surface area contributed by atoms with E-state index in [2.05, 4.69) is 17.5 Å². The van der Waals surface area contributed by atoms with Crippen molar-refractivity contribution in [3.8, 4) is 17.0 Å². The molecule has 6 nitrogen and oxygen atoms in total. The van der Waals surface area contributed by atoms with Gasteiger partial charge in [0.1, 0.15) is 17.3 Å². The Bertz CT molecular complexity index is 1260. The van der Waals surface area contributed by atoms with Crippen LogP contribution in [0.25, 0.3) is 22.2 Å². The van der Waals surface area contributed by atoms with Gasteiger partial charge < -0.3 is 9.15 Å². The molecular formula is C26H25N3O3. The largest absolute Gasteiger partial charge is 0.494 e. The molecule has 6 heteroatoms. The van der Waals surface area contributed by atoms with Gasteiger partial charge in [-0.15, -0.1) is 0 Å². The summed E-state index contributed by atoms with van der Waals surface area (Å²) in [6.45, 7) is 4.65. The predicted octanol–water partition coefficient (Wildman–Crippen LogP) is 5.75. The molecule has 1 N–H and O–H groups in total. The molecule has 2 aromatic carbocycles. The Morgan fingerprint density at radius 3 is 2.81 bits per heavy atom. The molecule has 0 saturated carbocycles. The molecule has 2 heterocycles. The average Bonchev–Trinajstić information content (AvgIpc) is 3.23. The standard InChI is InChI=1S/C26H25N3O3/c1-3-4-14-31-20-9-7-8-19(15-20)25-16-23(22-10-5-6-11-24(22)28-25)26(30)29-27-17-21-13-12-18(2)32-21/h5-13,15-17H,3-4,14H2,1-2H3,(H,29,30)/b27-17+. The Hall–Kier alpha value is -3.93. The maximum absolute atomic E-state index is 13.0. The number of pyridine rings is 1. The Kier molecular flexibility index (Phi) is 6.60. The lowest BCUT2D eigenvalue weighted by Gasteiger charge is -2.10. The Balaban J connectivity index is 1.63. The molecule has 0 aliphatic carbocycles. The monoisotopic (exact) mass is 427 g/mol. The number of hydrogen-bond acceptors (Lipinski definition) is 5. The zero-order chi connectivity index (χ0) is 22.3. The van der Waals surface area contributed by atoms with E-state index in [-0.39, 0.29) is 5.91 Å². The van der Waals surface area contributed by atoms with Gasteiger partial charge in [0.25, 0.3) is 5.91 Å². The molecule has 32 heavy (non-hydrogen) atoms. The highest BCUT2D eigenvalue weighted by Gasteiger charge is 2.14. The van der Waals surface area contributed by atoms with E-state index in [0.29, 0.717) is 23.6 Å². The molecule has 4 aromatic rings. The normalized spacial score (nSPS) is 11.2. The van der Waals surface area contributed by atoms with Crippen molar-refractivity contribution in [3.05, 3.63) is 83.8 Å². The van der Waals surface area contributed by atoms with E-state index in [1.807, 2.05) is 61.5 Å². The number of unbranched alkanes of at least 4 members (excludes halogenated alkanes) is 1. The number of ether oxygens (including phenoxy) is 1. The van der Waals surface area contributed by atoms with Crippen molar-refractivity contribution in [1.82, 2.24) is 10.4 Å². The highest BCUT2D eigenvalue weighted by atomic mass is 16.5. The van der Waals surface area contributed by atoms with Crippen LogP contribution in [-0.2, 0) is 0 Å². The van der Waals surface area contributed by atoms with E-state index in [1.54, 1.807) is 12.1 Å². The first-order valence-corrected chi connectivity index (χ1v) is 10.7. The molecule has 0 bridgehead atoms. The highest BCUT2D eigenvalue weighted by Crippen LogP contribution is 2.27. The van der Waals surface area contributed by atoms with Gasteiger partial charge in [0.2, 0.25) is 0 Å². The number of carbonyl (C=O) groups excluding carboxylic acids is 1. The van der Waals surface area contributed by atoms with Gasteiger partial charge in [-0.05, 0) is 49.7 Å². The lowest BCUT2D eigenvalue weighted by Crippen LogP contribution is -2.18. The Labute approximate surface area is 186 Å². The highest BCUT2D eigenvalue weighted by molar-refractivity contribution is 6.07. The number of amides is 1. The first kappa shape index (κ1) is 21.3. The molecular weight excluding hydrogens is 402 g/mol. The van der Waals surface area contributed by atoms with Gasteiger partial charge in [0.15, 0.2) is 0 Å².